The number of aliphatic carboxylic acids is 1. The molecule has 2 atom stereocenters. The molecular formula is C62H120NO8+. The molecule has 1 N–H and O–H groups in total. The first-order valence-corrected chi connectivity index (χ1v) is 30.9. The molecule has 9 nitrogen and oxygen atoms in total. The number of carbonyl (C=O) groups excluding carboxylic acids is 2. The van der Waals surface area contributed by atoms with Crippen molar-refractivity contribution in [3.8, 4) is 0 Å². The number of quaternary nitrogens is 1. The first-order chi connectivity index (χ1) is 34.6. The van der Waals surface area contributed by atoms with Crippen molar-refractivity contribution in [2.45, 2.75) is 322 Å². The zero-order chi connectivity index (χ0) is 52.0. The fraction of sp³-hybridized carbons (Fsp3) is 0.919. The lowest BCUT2D eigenvalue weighted by atomic mass is 10.0. The number of esters is 2. The minimum absolute atomic E-state index is 0.179. The van der Waals surface area contributed by atoms with Gasteiger partial charge in [-0.15, -0.1) is 0 Å². The quantitative estimate of drug-likeness (QED) is 0.0211. The highest BCUT2D eigenvalue weighted by molar-refractivity contribution is 5.71. The fourth-order valence-corrected chi connectivity index (χ4v) is 9.25. The Morgan fingerprint density at radius 3 is 1.04 bits per heavy atom. The molecule has 2 unspecified atom stereocenters. The van der Waals surface area contributed by atoms with Crippen molar-refractivity contribution in [1.82, 2.24) is 0 Å². The molecule has 0 aromatic carbocycles. The Morgan fingerprint density at radius 1 is 0.408 bits per heavy atom. The summed E-state index contributed by atoms with van der Waals surface area (Å²) in [6, 6.07) is 0. The number of hydrogen-bond donors (Lipinski definition) is 1. The van der Waals surface area contributed by atoms with E-state index in [1.807, 2.05) is 21.1 Å². The number of nitrogens with zero attached hydrogens (tertiary/aromatic N) is 1. The predicted molar refractivity (Wildman–Crippen MR) is 300 cm³/mol. The summed E-state index contributed by atoms with van der Waals surface area (Å²) in [7, 11) is 5.98. The molecule has 9 heteroatoms. The third kappa shape index (κ3) is 55.6. The molecule has 0 heterocycles. The highest BCUT2D eigenvalue weighted by atomic mass is 16.7. The molecule has 0 aromatic rings. The van der Waals surface area contributed by atoms with Crippen molar-refractivity contribution >= 4 is 17.9 Å². The van der Waals surface area contributed by atoms with Crippen LogP contribution >= 0.6 is 0 Å². The van der Waals surface area contributed by atoms with E-state index in [4.69, 9.17) is 18.9 Å². The minimum Gasteiger partial charge on any atom is -0.477 e. The molecule has 0 amide bonds. The average molecular weight is 1010 g/mol. The molecular weight excluding hydrogens is 887 g/mol. The molecule has 0 aromatic heterocycles. The zero-order valence-corrected chi connectivity index (χ0v) is 47.9. The molecule has 0 aliphatic heterocycles. The van der Waals surface area contributed by atoms with Gasteiger partial charge >= 0.3 is 17.9 Å². The van der Waals surface area contributed by atoms with Gasteiger partial charge in [-0.05, 0) is 38.5 Å². The number of rotatable bonds is 58. The summed E-state index contributed by atoms with van der Waals surface area (Å²) in [6.07, 6.45) is 60.3. The molecule has 0 aliphatic carbocycles. The molecule has 0 spiro atoms. The van der Waals surface area contributed by atoms with Crippen LogP contribution in [0.2, 0.25) is 0 Å². The molecule has 0 rings (SSSR count). The predicted octanol–water partition coefficient (Wildman–Crippen LogP) is 18.1. The molecule has 420 valence electrons. The van der Waals surface area contributed by atoms with Gasteiger partial charge in [0.1, 0.15) is 13.2 Å². The van der Waals surface area contributed by atoms with Gasteiger partial charge in [0.15, 0.2) is 6.10 Å². The van der Waals surface area contributed by atoms with Crippen molar-refractivity contribution in [2.75, 3.05) is 47.5 Å². The normalized spacial score (nSPS) is 12.7. The van der Waals surface area contributed by atoms with Gasteiger partial charge in [-0.2, -0.15) is 0 Å². The van der Waals surface area contributed by atoms with E-state index in [0.717, 1.165) is 51.4 Å². The largest absolute Gasteiger partial charge is 0.477 e. The second-order valence-corrected chi connectivity index (χ2v) is 22.4. The van der Waals surface area contributed by atoms with Gasteiger partial charge in [0.2, 0.25) is 0 Å². The maximum Gasteiger partial charge on any atom is 0.361 e. The Hall–Kier alpha value is -1.97. The molecule has 0 saturated carbocycles. The fourth-order valence-electron chi connectivity index (χ4n) is 9.25. The lowest BCUT2D eigenvalue weighted by Gasteiger charge is -2.25. The van der Waals surface area contributed by atoms with Gasteiger partial charge in [0, 0.05) is 12.8 Å². The van der Waals surface area contributed by atoms with Crippen LogP contribution in [0.25, 0.3) is 0 Å². The number of likely N-dealkylation sites (N-methyl/N-ethyl adjacent to an activating group) is 1. The van der Waals surface area contributed by atoms with E-state index in [1.165, 1.54) is 225 Å². The molecule has 0 aliphatic rings. The van der Waals surface area contributed by atoms with Crippen molar-refractivity contribution < 1.29 is 42.9 Å². The first kappa shape index (κ1) is 69.0. The Kier molecular flexibility index (Phi) is 52.8. The van der Waals surface area contributed by atoms with Gasteiger partial charge in [-0.1, -0.05) is 270 Å². The highest BCUT2D eigenvalue weighted by Crippen LogP contribution is 2.18. The summed E-state index contributed by atoms with van der Waals surface area (Å²) < 4.78 is 22.9. The maximum atomic E-state index is 12.8. The van der Waals surface area contributed by atoms with E-state index in [9.17, 15) is 19.5 Å². The second kappa shape index (κ2) is 54.3. The van der Waals surface area contributed by atoms with Gasteiger partial charge in [-0.3, -0.25) is 9.59 Å². The second-order valence-electron chi connectivity index (χ2n) is 22.4. The molecule has 0 fully saturated rings. The van der Waals surface area contributed by atoms with Crippen LogP contribution in [-0.2, 0) is 33.3 Å². The van der Waals surface area contributed by atoms with Crippen molar-refractivity contribution in [3.05, 3.63) is 12.2 Å². The van der Waals surface area contributed by atoms with Crippen LogP contribution in [0, 0.1) is 0 Å². The summed E-state index contributed by atoms with van der Waals surface area (Å²) in [4.78, 5) is 37.4. The van der Waals surface area contributed by atoms with E-state index in [1.54, 1.807) is 0 Å². The van der Waals surface area contributed by atoms with Crippen LogP contribution in [0.4, 0.5) is 0 Å². The van der Waals surface area contributed by atoms with E-state index in [2.05, 4.69) is 26.0 Å². The zero-order valence-electron chi connectivity index (χ0n) is 47.9. The molecule has 0 bridgehead atoms. The maximum absolute atomic E-state index is 12.8. The Labute approximate surface area is 440 Å². The molecule has 0 saturated heterocycles. The number of carboxylic acids is 1. The van der Waals surface area contributed by atoms with Crippen LogP contribution in [0.5, 0.6) is 0 Å². The lowest BCUT2D eigenvalue weighted by molar-refractivity contribution is -0.870. The van der Waals surface area contributed by atoms with E-state index >= 15 is 0 Å². The summed E-state index contributed by atoms with van der Waals surface area (Å²) in [5, 5.41) is 9.69. The number of hydrogen-bond acceptors (Lipinski definition) is 7. The van der Waals surface area contributed by atoms with Gasteiger partial charge in [0.25, 0.3) is 6.29 Å². The van der Waals surface area contributed by atoms with Crippen LogP contribution in [0.3, 0.4) is 0 Å². The lowest BCUT2D eigenvalue weighted by Crippen LogP contribution is -2.40. The summed E-state index contributed by atoms with van der Waals surface area (Å²) in [5.41, 5.74) is 0. The highest BCUT2D eigenvalue weighted by Gasteiger charge is 2.25. The van der Waals surface area contributed by atoms with Gasteiger partial charge in [-0.25, -0.2) is 4.79 Å². The smallest absolute Gasteiger partial charge is 0.361 e. The molecule has 0 radical (unpaired) electrons. The number of ether oxygens (including phenoxy) is 4. The van der Waals surface area contributed by atoms with E-state index in [-0.39, 0.29) is 32.2 Å². The summed E-state index contributed by atoms with van der Waals surface area (Å²) in [5.74, 6) is -1.99. The summed E-state index contributed by atoms with van der Waals surface area (Å²) >= 11 is 0. The monoisotopic (exact) mass is 1010 g/mol. The molecule has 71 heavy (non-hydrogen) atoms. The topological polar surface area (TPSA) is 108 Å². The number of carboxylic acid groups (broad SMARTS) is 1. The number of carbonyl (C=O) groups is 3. The SMILES string of the molecule is CCCCCCCC/C=C\CCCCCCCC(=O)OC(COC(=O)CCCCCCCCCCCCCCCCCCCCCCCCCCCCCCCCC)COC(OCC[N+](C)(C)C)C(=O)O. The number of unbranched alkanes of at least 4 members (excludes halogenated alkanes) is 41. The standard InChI is InChI=1S/C62H119NO8/c1-6-8-10-12-14-16-18-20-22-23-24-25-26-27-28-29-30-31-32-33-34-35-36-37-39-40-42-44-46-48-50-52-59(64)69-56-58(57-70-62(61(66)67)68-55-54-63(3,4)5)71-60(65)53-51-49-47-45-43-41-38-21-19-17-15-13-11-9-7-2/h21,38,58,62H,6-20,22-37,39-57H2,1-5H3/p+1/b38-21-. The Bertz CT molecular complexity index is 1170. The van der Waals surface area contributed by atoms with Crippen molar-refractivity contribution in [1.29, 1.82) is 0 Å². The minimum atomic E-state index is -1.51. The third-order valence-electron chi connectivity index (χ3n) is 14.0. The first-order valence-electron chi connectivity index (χ1n) is 30.9. The van der Waals surface area contributed by atoms with E-state index in [0.29, 0.717) is 23.9 Å². The van der Waals surface area contributed by atoms with Crippen molar-refractivity contribution in [3.63, 3.8) is 0 Å². The van der Waals surface area contributed by atoms with Crippen LogP contribution in [-0.4, -0.2) is 87.4 Å². The van der Waals surface area contributed by atoms with Crippen LogP contribution < -0.4 is 0 Å². The Balaban J connectivity index is 4.04. The summed E-state index contributed by atoms with van der Waals surface area (Å²) in [6.45, 7) is 4.92. The van der Waals surface area contributed by atoms with Gasteiger partial charge in [0.05, 0.1) is 34.4 Å². The van der Waals surface area contributed by atoms with E-state index < -0.39 is 24.3 Å². The van der Waals surface area contributed by atoms with Gasteiger partial charge < -0.3 is 28.5 Å². The third-order valence-corrected chi connectivity index (χ3v) is 14.0. The van der Waals surface area contributed by atoms with Crippen molar-refractivity contribution in [2.24, 2.45) is 0 Å². The van der Waals surface area contributed by atoms with Crippen LogP contribution in [0.15, 0.2) is 12.2 Å². The van der Waals surface area contributed by atoms with Crippen LogP contribution in [0.1, 0.15) is 309 Å². The Morgan fingerprint density at radius 2 is 0.718 bits per heavy atom. The average Bonchev–Trinajstić information content (AvgIpc) is 3.34. The number of allylic oxidation sites excluding steroid dienone is 2.